The molecule has 1 aliphatic rings. The van der Waals surface area contributed by atoms with Gasteiger partial charge in [-0.25, -0.2) is 8.42 Å². The minimum atomic E-state index is -3.58. The Balaban J connectivity index is 1.79. The number of fused-ring (bicyclic) bond motifs is 1. The molecule has 2 heterocycles. The van der Waals surface area contributed by atoms with E-state index >= 15 is 0 Å². The first-order chi connectivity index (χ1) is 11.7. The van der Waals surface area contributed by atoms with Crippen LogP contribution in [0.4, 0.5) is 0 Å². The molecule has 24 heavy (non-hydrogen) atoms. The molecule has 5 nitrogen and oxygen atoms in total. The normalized spacial score (nSPS) is 15.0. The van der Waals surface area contributed by atoms with Crippen LogP contribution in [0.3, 0.4) is 0 Å². The molecule has 0 aliphatic heterocycles. The van der Waals surface area contributed by atoms with Crippen molar-refractivity contribution < 1.29 is 8.42 Å². The number of rotatable bonds is 5. The van der Waals surface area contributed by atoms with Gasteiger partial charge in [-0.15, -0.1) is 0 Å². The molecule has 0 spiro atoms. The second kappa shape index (κ2) is 5.96. The number of hydrogen-bond acceptors (Lipinski definition) is 4. The van der Waals surface area contributed by atoms with Crippen molar-refractivity contribution in [1.82, 2.24) is 14.3 Å². The van der Waals surface area contributed by atoms with Gasteiger partial charge in [-0.1, -0.05) is 12.1 Å². The van der Waals surface area contributed by atoms with Crippen molar-refractivity contribution in [3.05, 3.63) is 66.7 Å². The summed E-state index contributed by atoms with van der Waals surface area (Å²) in [5.74, 6) is 0. The van der Waals surface area contributed by atoms with Gasteiger partial charge in [0.05, 0.1) is 4.90 Å². The van der Waals surface area contributed by atoms with Gasteiger partial charge in [0.25, 0.3) is 0 Å². The Labute approximate surface area is 141 Å². The monoisotopic (exact) mass is 339 g/mol. The first-order valence-electron chi connectivity index (χ1n) is 7.90. The molecule has 1 aliphatic carbocycles. The van der Waals surface area contributed by atoms with Crippen molar-refractivity contribution in [2.75, 3.05) is 0 Å². The van der Waals surface area contributed by atoms with Crippen molar-refractivity contribution in [3.8, 4) is 0 Å². The molecule has 0 atom stereocenters. The molecule has 1 saturated carbocycles. The van der Waals surface area contributed by atoms with Crippen LogP contribution in [0.1, 0.15) is 18.4 Å². The molecule has 0 bridgehead atoms. The third-order valence-electron chi connectivity index (χ3n) is 4.27. The molecule has 1 fully saturated rings. The molecule has 0 radical (unpaired) electrons. The van der Waals surface area contributed by atoms with Crippen molar-refractivity contribution >= 4 is 20.8 Å². The molecular formula is C18H17N3O2S. The summed E-state index contributed by atoms with van der Waals surface area (Å²) in [6, 6.07) is 10.9. The summed E-state index contributed by atoms with van der Waals surface area (Å²) in [7, 11) is -3.58. The SMILES string of the molecule is O=S(=O)(c1cccc2cnccc12)N(Cc1ccncc1)C1CC1. The Kier molecular flexibility index (Phi) is 3.78. The smallest absolute Gasteiger partial charge is 0.244 e. The third kappa shape index (κ3) is 2.79. The second-order valence-corrected chi connectivity index (χ2v) is 7.85. The van der Waals surface area contributed by atoms with E-state index in [1.165, 1.54) is 0 Å². The van der Waals surface area contributed by atoms with Gasteiger partial charge in [0.2, 0.25) is 10.0 Å². The van der Waals surface area contributed by atoms with Crippen LogP contribution >= 0.6 is 0 Å². The summed E-state index contributed by atoms with van der Waals surface area (Å²) in [4.78, 5) is 8.43. The summed E-state index contributed by atoms with van der Waals surface area (Å²) in [6.07, 6.45) is 8.53. The predicted octanol–water partition coefficient (Wildman–Crippen LogP) is 2.98. The van der Waals surface area contributed by atoms with Crippen molar-refractivity contribution in [2.24, 2.45) is 0 Å². The predicted molar refractivity (Wildman–Crippen MR) is 91.7 cm³/mol. The summed E-state index contributed by atoms with van der Waals surface area (Å²) in [6.45, 7) is 0.372. The highest BCUT2D eigenvalue weighted by Crippen LogP contribution is 2.35. The van der Waals surface area contributed by atoms with Crippen molar-refractivity contribution in [1.29, 1.82) is 0 Å². The quantitative estimate of drug-likeness (QED) is 0.717. The van der Waals surface area contributed by atoms with Crippen LogP contribution in [0.15, 0.2) is 66.1 Å². The molecule has 2 aromatic heterocycles. The molecule has 6 heteroatoms. The number of nitrogens with zero attached hydrogens (tertiary/aromatic N) is 3. The Morgan fingerprint density at radius 3 is 2.50 bits per heavy atom. The minimum Gasteiger partial charge on any atom is -0.265 e. The largest absolute Gasteiger partial charge is 0.265 e. The molecule has 0 saturated heterocycles. The molecule has 0 unspecified atom stereocenters. The van der Waals surface area contributed by atoms with E-state index in [2.05, 4.69) is 9.97 Å². The first-order valence-corrected chi connectivity index (χ1v) is 9.34. The number of pyridine rings is 2. The lowest BCUT2D eigenvalue weighted by molar-refractivity contribution is 0.399. The first kappa shape index (κ1) is 15.2. The van der Waals surface area contributed by atoms with E-state index in [0.717, 1.165) is 23.8 Å². The summed E-state index contributed by atoms with van der Waals surface area (Å²) in [5.41, 5.74) is 0.947. The molecule has 0 amide bonds. The molecule has 3 aromatic rings. The van der Waals surface area contributed by atoms with Crippen molar-refractivity contribution in [3.63, 3.8) is 0 Å². The van der Waals surface area contributed by atoms with E-state index < -0.39 is 10.0 Å². The van der Waals surface area contributed by atoms with Gasteiger partial charge in [-0.3, -0.25) is 9.97 Å². The number of hydrogen-bond donors (Lipinski definition) is 0. The topological polar surface area (TPSA) is 63.2 Å². The van der Waals surface area contributed by atoms with Crippen LogP contribution < -0.4 is 0 Å². The highest BCUT2D eigenvalue weighted by atomic mass is 32.2. The molecule has 4 rings (SSSR count). The van der Waals surface area contributed by atoms with Gasteiger partial charge in [0.15, 0.2) is 0 Å². The standard InChI is InChI=1S/C18H17N3O2S/c22-24(23,18-3-1-2-15-12-20-11-8-17(15)18)21(16-4-5-16)13-14-6-9-19-10-7-14/h1-3,6-12,16H,4-5,13H2. The van der Waals surface area contributed by atoms with E-state index in [1.807, 2.05) is 18.2 Å². The second-order valence-electron chi connectivity index (χ2n) is 5.99. The fourth-order valence-corrected chi connectivity index (χ4v) is 4.77. The summed E-state index contributed by atoms with van der Waals surface area (Å²) < 4.78 is 28.3. The number of sulfonamides is 1. The lowest BCUT2D eigenvalue weighted by atomic mass is 10.2. The van der Waals surface area contributed by atoms with Gasteiger partial charge in [-0.05, 0) is 42.7 Å². The van der Waals surface area contributed by atoms with Gasteiger partial charge in [0, 0.05) is 48.1 Å². The van der Waals surface area contributed by atoms with Crippen LogP contribution in [0.25, 0.3) is 10.8 Å². The Bertz CT molecular complexity index is 964. The highest BCUT2D eigenvalue weighted by Gasteiger charge is 2.38. The maximum absolute atomic E-state index is 13.3. The van der Waals surface area contributed by atoms with Crippen LogP contribution in [0.5, 0.6) is 0 Å². The minimum absolute atomic E-state index is 0.0836. The molecule has 122 valence electrons. The van der Waals surface area contributed by atoms with Gasteiger partial charge >= 0.3 is 0 Å². The maximum Gasteiger partial charge on any atom is 0.244 e. The Morgan fingerprint density at radius 1 is 1.00 bits per heavy atom. The Morgan fingerprint density at radius 2 is 1.75 bits per heavy atom. The van der Waals surface area contributed by atoms with Crippen LogP contribution in [0, 0.1) is 0 Å². The zero-order chi connectivity index (χ0) is 16.6. The average Bonchev–Trinajstić information content (AvgIpc) is 3.45. The average molecular weight is 339 g/mol. The number of aromatic nitrogens is 2. The fraction of sp³-hybridized carbons (Fsp3) is 0.222. The summed E-state index contributed by atoms with van der Waals surface area (Å²) in [5, 5.41) is 1.55. The maximum atomic E-state index is 13.3. The summed E-state index contributed by atoms with van der Waals surface area (Å²) >= 11 is 0. The molecule has 0 N–H and O–H groups in total. The van der Waals surface area contributed by atoms with E-state index in [1.54, 1.807) is 47.3 Å². The zero-order valence-corrected chi connectivity index (χ0v) is 13.9. The van der Waals surface area contributed by atoms with Gasteiger partial charge in [0.1, 0.15) is 0 Å². The van der Waals surface area contributed by atoms with E-state index in [4.69, 9.17) is 0 Å². The van der Waals surface area contributed by atoms with E-state index in [9.17, 15) is 8.42 Å². The fourth-order valence-electron chi connectivity index (χ4n) is 2.89. The van der Waals surface area contributed by atoms with Gasteiger partial charge < -0.3 is 0 Å². The Hall–Kier alpha value is -2.31. The number of benzene rings is 1. The third-order valence-corrected chi connectivity index (χ3v) is 6.23. The van der Waals surface area contributed by atoms with Crippen LogP contribution in [-0.2, 0) is 16.6 Å². The zero-order valence-electron chi connectivity index (χ0n) is 13.0. The van der Waals surface area contributed by atoms with Gasteiger partial charge in [-0.2, -0.15) is 4.31 Å². The van der Waals surface area contributed by atoms with Crippen LogP contribution in [-0.4, -0.2) is 28.7 Å². The lowest BCUT2D eigenvalue weighted by Crippen LogP contribution is -2.32. The highest BCUT2D eigenvalue weighted by molar-refractivity contribution is 7.89. The van der Waals surface area contributed by atoms with E-state index in [0.29, 0.717) is 16.8 Å². The lowest BCUT2D eigenvalue weighted by Gasteiger charge is -2.22. The van der Waals surface area contributed by atoms with Crippen molar-refractivity contribution in [2.45, 2.75) is 30.3 Å². The van der Waals surface area contributed by atoms with Crippen LogP contribution in [0.2, 0.25) is 0 Å². The molecular weight excluding hydrogens is 322 g/mol. The van der Waals surface area contributed by atoms with E-state index in [-0.39, 0.29) is 6.04 Å². The molecule has 1 aromatic carbocycles.